The van der Waals surface area contributed by atoms with Crippen LogP contribution in [0.1, 0.15) is 29.9 Å². The predicted molar refractivity (Wildman–Crippen MR) is 173 cm³/mol. The van der Waals surface area contributed by atoms with E-state index < -0.39 is 64.7 Å². The van der Waals surface area contributed by atoms with Crippen LogP contribution in [0.2, 0.25) is 5.02 Å². The lowest BCUT2D eigenvalue weighted by Crippen LogP contribution is -2.53. The lowest BCUT2D eigenvalue weighted by molar-refractivity contribution is -0.138. The minimum atomic E-state index is -1.51. The summed E-state index contributed by atoms with van der Waals surface area (Å²) in [5, 5.41) is 11.1. The van der Waals surface area contributed by atoms with Crippen molar-refractivity contribution < 1.29 is 38.6 Å². The van der Waals surface area contributed by atoms with E-state index in [0.717, 1.165) is 7.11 Å². The van der Waals surface area contributed by atoms with Crippen molar-refractivity contribution in [2.24, 2.45) is 23.7 Å². The highest BCUT2D eigenvalue weighted by molar-refractivity contribution is 9.10. The zero-order valence-corrected chi connectivity index (χ0v) is 27.5. The molecule has 2 aliphatic carbocycles. The number of anilines is 1. The fraction of sp³-hybridized carbons (Fsp3) is 0.286. The number of amides is 5. The number of carbonyl (C=O) groups excluding carboxylic acids is 5. The standard InChI is InChI=1S/C35H28BrClN2O8/c1-46-26-14-17(13-25(36)29(26)40)28-21-11-12-22-27(32(43)39(30(22)41)34(45)47-2)23(21)16-24-31(42)38(20-10-6-9-19(37)15-20)33(44)35(24,28)18-7-4-3-5-8-18/h3-11,13-15,22-24,27-28,40H,12,16H2,1-2H3. The van der Waals surface area contributed by atoms with Gasteiger partial charge in [0.15, 0.2) is 11.5 Å². The molecule has 2 aliphatic heterocycles. The van der Waals surface area contributed by atoms with Crippen molar-refractivity contribution in [3.05, 3.63) is 99.0 Å². The lowest BCUT2D eigenvalue weighted by Gasteiger charge is -2.50. The first-order chi connectivity index (χ1) is 22.6. The molecule has 2 heterocycles. The Kier molecular flexibility index (Phi) is 7.52. The number of imide groups is 4. The molecule has 1 saturated carbocycles. The Labute approximate surface area is 283 Å². The molecule has 0 bridgehead atoms. The maximum atomic E-state index is 15.2. The fourth-order valence-electron chi connectivity index (χ4n) is 8.31. The molecule has 5 amide bonds. The molecule has 6 unspecified atom stereocenters. The van der Waals surface area contributed by atoms with E-state index in [1.807, 2.05) is 24.3 Å². The molecule has 4 aliphatic rings. The van der Waals surface area contributed by atoms with Crippen molar-refractivity contribution >= 4 is 62.9 Å². The van der Waals surface area contributed by atoms with Gasteiger partial charge >= 0.3 is 6.09 Å². The van der Waals surface area contributed by atoms with Gasteiger partial charge in [0.25, 0.3) is 0 Å². The summed E-state index contributed by atoms with van der Waals surface area (Å²) in [7, 11) is 2.51. The van der Waals surface area contributed by atoms with E-state index in [0.29, 0.717) is 36.8 Å². The molecule has 0 spiro atoms. The summed E-state index contributed by atoms with van der Waals surface area (Å²) in [5.41, 5.74) is 0.621. The minimum absolute atomic E-state index is 0.0600. The number of methoxy groups -OCH3 is 2. The van der Waals surface area contributed by atoms with Crippen LogP contribution in [0.15, 0.2) is 82.9 Å². The number of benzene rings is 3. The molecular weight excluding hydrogens is 692 g/mol. The highest BCUT2D eigenvalue weighted by atomic mass is 79.9. The maximum absolute atomic E-state index is 15.2. The van der Waals surface area contributed by atoms with Gasteiger partial charge in [-0.05, 0) is 76.1 Å². The summed E-state index contributed by atoms with van der Waals surface area (Å²) >= 11 is 9.78. The highest BCUT2D eigenvalue weighted by Gasteiger charge is 2.70. The third kappa shape index (κ3) is 4.32. The van der Waals surface area contributed by atoms with E-state index >= 15 is 4.79 Å². The van der Waals surface area contributed by atoms with Crippen molar-refractivity contribution in [3.8, 4) is 11.5 Å². The summed E-state index contributed by atoms with van der Waals surface area (Å²) in [6.45, 7) is 0. The predicted octanol–water partition coefficient (Wildman–Crippen LogP) is 5.75. The number of likely N-dealkylation sites (tertiary alicyclic amines) is 1. The van der Waals surface area contributed by atoms with Gasteiger partial charge < -0.3 is 14.6 Å². The Morgan fingerprint density at radius 2 is 1.70 bits per heavy atom. The third-order valence-electron chi connectivity index (χ3n) is 10.1. The van der Waals surface area contributed by atoms with Crippen LogP contribution >= 0.6 is 27.5 Å². The first kappa shape index (κ1) is 31.1. The maximum Gasteiger partial charge on any atom is 0.423 e. The van der Waals surface area contributed by atoms with Crippen LogP contribution in [-0.4, -0.2) is 53.9 Å². The van der Waals surface area contributed by atoms with Gasteiger partial charge in [0.2, 0.25) is 23.6 Å². The number of hydrogen-bond acceptors (Lipinski definition) is 8. The van der Waals surface area contributed by atoms with Gasteiger partial charge in [0, 0.05) is 10.9 Å². The molecule has 3 aromatic carbocycles. The van der Waals surface area contributed by atoms with Gasteiger partial charge in [-0.15, -0.1) is 0 Å². The van der Waals surface area contributed by atoms with Crippen molar-refractivity contribution in [1.29, 1.82) is 0 Å². The van der Waals surface area contributed by atoms with Crippen LogP contribution in [0, 0.1) is 23.7 Å². The van der Waals surface area contributed by atoms with Gasteiger partial charge in [-0.3, -0.25) is 19.2 Å². The molecule has 3 fully saturated rings. The second kappa shape index (κ2) is 11.3. The molecule has 47 heavy (non-hydrogen) atoms. The first-order valence-corrected chi connectivity index (χ1v) is 16.1. The zero-order chi connectivity index (χ0) is 33.4. The summed E-state index contributed by atoms with van der Waals surface area (Å²) in [6, 6.07) is 18.9. The Balaban J connectivity index is 1.52. The van der Waals surface area contributed by atoms with Gasteiger partial charge in [-0.1, -0.05) is 59.6 Å². The summed E-state index contributed by atoms with van der Waals surface area (Å²) in [5.74, 6) is -6.61. The second-order valence-corrected chi connectivity index (χ2v) is 13.4. The molecule has 3 aromatic rings. The normalized spacial score (nSPS) is 28.1. The van der Waals surface area contributed by atoms with Gasteiger partial charge in [-0.25, -0.2) is 9.69 Å². The molecule has 0 aromatic heterocycles. The number of hydrogen-bond donors (Lipinski definition) is 1. The van der Waals surface area contributed by atoms with Crippen LogP contribution in [0.4, 0.5) is 10.5 Å². The summed E-state index contributed by atoms with van der Waals surface area (Å²) in [6.07, 6.45) is 1.01. The summed E-state index contributed by atoms with van der Waals surface area (Å²) in [4.78, 5) is 71.6. The number of halogens is 2. The Morgan fingerprint density at radius 3 is 2.38 bits per heavy atom. The van der Waals surface area contributed by atoms with Crippen LogP contribution in [0.5, 0.6) is 11.5 Å². The Bertz CT molecular complexity index is 1910. The van der Waals surface area contributed by atoms with E-state index in [4.69, 9.17) is 21.1 Å². The molecule has 6 atom stereocenters. The van der Waals surface area contributed by atoms with Crippen LogP contribution < -0.4 is 9.64 Å². The Hall–Kier alpha value is -4.48. The molecule has 0 radical (unpaired) electrons. The molecule has 10 nitrogen and oxygen atoms in total. The van der Waals surface area contributed by atoms with Crippen molar-refractivity contribution in [3.63, 3.8) is 0 Å². The average Bonchev–Trinajstić information content (AvgIpc) is 3.46. The number of fused-ring (bicyclic) bond motifs is 4. The van der Waals surface area contributed by atoms with E-state index in [1.165, 1.54) is 12.0 Å². The van der Waals surface area contributed by atoms with E-state index in [9.17, 15) is 24.3 Å². The molecule has 240 valence electrons. The number of allylic oxidation sites excluding steroid dienone is 2. The van der Waals surface area contributed by atoms with E-state index in [1.54, 1.807) is 48.5 Å². The Morgan fingerprint density at radius 1 is 0.957 bits per heavy atom. The quantitative estimate of drug-likeness (QED) is 0.267. The van der Waals surface area contributed by atoms with Gasteiger partial charge in [0.05, 0.1) is 47.5 Å². The number of ether oxygens (including phenoxy) is 2. The highest BCUT2D eigenvalue weighted by Crippen LogP contribution is 2.65. The average molecular weight is 720 g/mol. The van der Waals surface area contributed by atoms with Gasteiger partial charge in [0.1, 0.15) is 0 Å². The molecule has 7 rings (SSSR count). The molecule has 12 heteroatoms. The lowest BCUT2D eigenvalue weighted by atomic mass is 9.49. The van der Waals surface area contributed by atoms with Crippen molar-refractivity contribution in [2.75, 3.05) is 19.1 Å². The van der Waals surface area contributed by atoms with Crippen LogP contribution in [-0.2, 0) is 29.3 Å². The third-order valence-corrected chi connectivity index (χ3v) is 11.0. The molecular formula is C35H28BrClN2O8. The van der Waals surface area contributed by atoms with Crippen molar-refractivity contribution in [2.45, 2.75) is 24.2 Å². The monoisotopic (exact) mass is 718 g/mol. The molecule has 1 N–H and O–H groups in total. The minimum Gasteiger partial charge on any atom is -0.503 e. The summed E-state index contributed by atoms with van der Waals surface area (Å²) < 4.78 is 10.6. The van der Waals surface area contributed by atoms with E-state index in [-0.39, 0.29) is 24.3 Å². The van der Waals surface area contributed by atoms with Crippen molar-refractivity contribution in [1.82, 2.24) is 4.90 Å². The van der Waals surface area contributed by atoms with E-state index in [2.05, 4.69) is 15.9 Å². The number of carbonyl (C=O) groups is 5. The topological polar surface area (TPSA) is 131 Å². The number of nitrogens with zero attached hydrogens (tertiary/aromatic N) is 2. The molecule has 2 saturated heterocycles. The van der Waals surface area contributed by atoms with Crippen LogP contribution in [0.25, 0.3) is 0 Å². The number of aromatic hydroxyl groups is 1. The fourth-order valence-corrected chi connectivity index (χ4v) is 8.95. The number of rotatable bonds is 4. The van der Waals surface area contributed by atoms with Gasteiger partial charge in [-0.2, -0.15) is 4.90 Å². The zero-order valence-electron chi connectivity index (χ0n) is 25.2. The number of phenolic OH excluding ortho intramolecular Hbond substituents is 1. The SMILES string of the molecule is COC(=O)N1C(=O)C2CC=C3C(CC4C(=O)N(c5cccc(Cl)c5)C(=O)C4(c4ccccc4)C3c3cc(Br)c(O)c(OC)c3)C2C1=O. The first-order valence-electron chi connectivity index (χ1n) is 15.0. The second-order valence-electron chi connectivity index (χ2n) is 12.1. The number of phenols is 1. The largest absolute Gasteiger partial charge is 0.503 e. The smallest absolute Gasteiger partial charge is 0.423 e. The van der Waals surface area contributed by atoms with Crippen LogP contribution in [0.3, 0.4) is 0 Å².